The molecule has 1 aromatic rings. The van der Waals surface area contributed by atoms with E-state index in [0.717, 1.165) is 26.2 Å². The van der Waals surface area contributed by atoms with Gasteiger partial charge < -0.3 is 14.5 Å². The predicted molar refractivity (Wildman–Crippen MR) is 80.6 cm³/mol. The van der Waals surface area contributed by atoms with Crippen LogP contribution in [0.2, 0.25) is 5.28 Å². The van der Waals surface area contributed by atoms with Crippen LogP contribution in [0.25, 0.3) is 0 Å². The van der Waals surface area contributed by atoms with Crippen LogP contribution in [-0.2, 0) is 4.74 Å². The molecule has 2 rings (SSSR count). The van der Waals surface area contributed by atoms with Gasteiger partial charge in [0.2, 0.25) is 17.2 Å². The van der Waals surface area contributed by atoms with Gasteiger partial charge >= 0.3 is 0 Å². The third-order valence-corrected chi connectivity index (χ3v) is 3.30. The maximum absolute atomic E-state index is 6.06. The van der Waals surface area contributed by atoms with Crippen molar-refractivity contribution in [1.82, 2.24) is 15.0 Å². The van der Waals surface area contributed by atoms with Crippen LogP contribution < -0.4 is 9.80 Å². The quantitative estimate of drug-likeness (QED) is 0.827. The average molecular weight is 300 g/mol. The van der Waals surface area contributed by atoms with E-state index in [9.17, 15) is 0 Å². The van der Waals surface area contributed by atoms with Crippen LogP contribution in [0.15, 0.2) is 0 Å². The smallest absolute Gasteiger partial charge is 0.231 e. The summed E-state index contributed by atoms with van der Waals surface area (Å²) in [6.07, 6.45) is 0. The molecule has 0 bridgehead atoms. The summed E-state index contributed by atoms with van der Waals surface area (Å²) in [5.41, 5.74) is 0. The Bertz CT molecular complexity index is 437. The van der Waals surface area contributed by atoms with Crippen LogP contribution in [0.1, 0.15) is 20.8 Å². The first kappa shape index (κ1) is 15.3. The van der Waals surface area contributed by atoms with Crippen molar-refractivity contribution in [3.8, 4) is 0 Å². The Morgan fingerprint density at radius 1 is 1.25 bits per heavy atom. The molecule has 0 atom stereocenters. The zero-order valence-electron chi connectivity index (χ0n) is 12.3. The van der Waals surface area contributed by atoms with Gasteiger partial charge in [0.15, 0.2) is 0 Å². The lowest BCUT2D eigenvalue weighted by Crippen LogP contribution is -2.38. The Morgan fingerprint density at radius 3 is 2.55 bits per heavy atom. The van der Waals surface area contributed by atoms with Gasteiger partial charge in [0.05, 0.1) is 13.2 Å². The molecular formula is C13H22ClN5O. The number of hydrogen-bond donors (Lipinski definition) is 0. The van der Waals surface area contributed by atoms with Crippen molar-refractivity contribution in [3.63, 3.8) is 0 Å². The van der Waals surface area contributed by atoms with E-state index in [-0.39, 0.29) is 5.28 Å². The van der Waals surface area contributed by atoms with Crippen molar-refractivity contribution in [1.29, 1.82) is 0 Å². The summed E-state index contributed by atoms with van der Waals surface area (Å²) in [5.74, 6) is 1.84. The molecule has 1 saturated heterocycles. The van der Waals surface area contributed by atoms with Gasteiger partial charge in [-0.15, -0.1) is 0 Å². The number of halogens is 1. The maximum atomic E-state index is 6.06. The SMILES string of the molecule is CCN(CC(C)C)c1nc(Cl)nc(N2CCOCC2)n1. The fourth-order valence-electron chi connectivity index (χ4n) is 2.17. The minimum Gasteiger partial charge on any atom is -0.378 e. The summed E-state index contributed by atoms with van der Waals surface area (Å²) in [6, 6.07) is 0. The summed E-state index contributed by atoms with van der Waals surface area (Å²) < 4.78 is 5.35. The minimum atomic E-state index is 0.249. The first-order valence-electron chi connectivity index (χ1n) is 7.09. The summed E-state index contributed by atoms with van der Waals surface area (Å²) in [7, 11) is 0. The lowest BCUT2D eigenvalue weighted by atomic mass is 10.2. The van der Waals surface area contributed by atoms with E-state index in [0.29, 0.717) is 31.0 Å². The molecule has 6 nitrogen and oxygen atoms in total. The molecular weight excluding hydrogens is 278 g/mol. The maximum Gasteiger partial charge on any atom is 0.231 e. The fourth-order valence-corrected chi connectivity index (χ4v) is 2.32. The van der Waals surface area contributed by atoms with Crippen molar-refractivity contribution in [3.05, 3.63) is 5.28 Å². The Kier molecular flexibility index (Phi) is 5.37. The standard InChI is InChI=1S/C13H22ClN5O/c1-4-18(9-10(2)3)12-15-11(14)16-13(17-12)19-5-7-20-8-6-19/h10H,4-9H2,1-3H3. The van der Waals surface area contributed by atoms with Crippen molar-refractivity contribution < 1.29 is 4.74 Å². The fraction of sp³-hybridized carbons (Fsp3) is 0.769. The summed E-state index contributed by atoms with van der Waals surface area (Å²) >= 11 is 6.06. The normalized spacial score (nSPS) is 15.8. The Balaban J connectivity index is 2.22. The van der Waals surface area contributed by atoms with E-state index in [2.05, 4.69) is 45.5 Å². The van der Waals surface area contributed by atoms with Gasteiger partial charge in [-0.05, 0) is 24.4 Å². The van der Waals surface area contributed by atoms with Crippen molar-refractivity contribution in [2.24, 2.45) is 5.92 Å². The highest BCUT2D eigenvalue weighted by Crippen LogP contribution is 2.18. The summed E-state index contributed by atoms with van der Waals surface area (Å²) in [6.45, 7) is 11.2. The van der Waals surface area contributed by atoms with E-state index >= 15 is 0 Å². The number of rotatable bonds is 5. The number of hydrogen-bond acceptors (Lipinski definition) is 6. The summed E-state index contributed by atoms with van der Waals surface area (Å²) in [5, 5.41) is 0.249. The van der Waals surface area contributed by atoms with E-state index in [4.69, 9.17) is 16.3 Å². The van der Waals surface area contributed by atoms with Gasteiger partial charge in [-0.1, -0.05) is 13.8 Å². The molecule has 0 N–H and O–H groups in total. The molecule has 1 fully saturated rings. The second-order valence-electron chi connectivity index (χ2n) is 5.24. The second kappa shape index (κ2) is 7.04. The molecule has 1 aromatic heterocycles. The van der Waals surface area contributed by atoms with Gasteiger partial charge in [-0.2, -0.15) is 15.0 Å². The Morgan fingerprint density at radius 2 is 1.95 bits per heavy atom. The Hall–Kier alpha value is -1.14. The van der Waals surface area contributed by atoms with Gasteiger partial charge in [0, 0.05) is 26.2 Å². The van der Waals surface area contributed by atoms with Crippen LogP contribution in [-0.4, -0.2) is 54.3 Å². The number of anilines is 2. The third-order valence-electron chi connectivity index (χ3n) is 3.13. The van der Waals surface area contributed by atoms with Gasteiger partial charge in [0.1, 0.15) is 0 Å². The third kappa shape index (κ3) is 3.93. The Labute approximate surface area is 125 Å². The lowest BCUT2D eigenvalue weighted by molar-refractivity contribution is 0.122. The highest BCUT2D eigenvalue weighted by Gasteiger charge is 2.18. The first-order chi connectivity index (χ1) is 9.60. The van der Waals surface area contributed by atoms with Gasteiger partial charge in [0.25, 0.3) is 0 Å². The number of ether oxygens (including phenoxy) is 1. The van der Waals surface area contributed by atoms with E-state index in [1.165, 1.54) is 0 Å². The molecule has 2 heterocycles. The highest BCUT2D eigenvalue weighted by molar-refractivity contribution is 6.28. The molecule has 112 valence electrons. The van der Waals surface area contributed by atoms with E-state index < -0.39 is 0 Å². The first-order valence-corrected chi connectivity index (χ1v) is 7.47. The number of morpholine rings is 1. The molecule has 1 aliphatic rings. The predicted octanol–water partition coefficient (Wildman–Crippen LogP) is 1.84. The van der Waals surface area contributed by atoms with E-state index in [1.807, 2.05) is 0 Å². The van der Waals surface area contributed by atoms with Gasteiger partial charge in [-0.3, -0.25) is 0 Å². The van der Waals surface area contributed by atoms with Crippen LogP contribution in [0.5, 0.6) is 0 Å². The zero-order chi connectivity index (χ0) is 14.5. The molecule has 0 aromatic carbocycles. The van der Waals surface area contributed by atoms with Gasteiger partial charge in [-0.25, -0.2) is 0 Å². The minimum absolute atomic E-state index is 0.249. The molecule has 0 spiro atoms. The molecule has 0 aliphatic carbocycles. The van der Waals surface area contributed by atoms with Crippen LogP contribution in [0, 0.1) is 5.92 Å². The molecule has 0 saturated carbocycles. The highest BCUT2D eigenvalue weighted by atomic mass is 35.5. The summed E-state index contributed by atoms with van der Waals surface area (Å²) in [4.78, 5) is 17.3. The molecule has 7 heteroatoms. The molecule has 0 unspecified atom stereocenters. The monoisotopic (exact) mass is 299 g/mol. The van der Waals surface area contributed by atoms with Crippen LogP contribution in [0.4, 0.5) is 11.9 Å². The second-order valence-corrected chi connectivity index (χ2v) is 5.57. The molecule has 1 aliphatic heterocycles. The number of aromatic nitrogens is 3. The largest absolute Gasteiger partial charge is 0.378 e. The number of nitrogens with zero attached hydrogens (tertiary/aromatic N) is 5. The van der Waals surface area contributed by atoms with Crippen LogP contribution in [0.3, 0.4) is 0 Å². The topological polar surface area (TPSA) is 54.4 Å². The zero-order valence-corrected chi connectivity index (χ0v) is 13.1. The van der Waals surface area contributed by atoms with E-state index in [1.54, 1.807) is 0 Å². The van der Waals surface area contributed by atoms with Crippen molar-refractivity contribution >= 4 is 23.5 Å². The lowest BCUT2D eigenvalue weighted by Gasteiger charge is -2.28. The molecule has 20 heavy (non-hydrogen) atoms. The van der Waals surface area contributed by atoms with Crippen LogP contribution >= 0.6 is 11.6 Å². The van der Waals surface area contributed by atoms with Crippen molar-refractivity contribution in [2.45, 2.75) is 20.8 Å². The average Bonchev–Trinajstić information content (AvgIpc) is 2.45. The molecule has 0 radical (unpaired) electrons. The molecule has 0 amide bonds. The van der Waals surface area contributed by atoms with Crippen molar-refractivity contribution in [2.75, 3.05) is 49.2 Å².